The molecule has 0 bridgehead atoms. The first kappa shape index (κ1) is 21.4. The molecule has 0 aliphatic carbocycles. The van der Waals surface area contributed by atoms with Crippen molar-refractivity contribution < 1.29 is 18.7 Å². The smallest absolute Gasteiger partial charge is 0.269 e. The minimum Gasteiger partial charge on any atom is -0.481 e. The number of benzene rings is 1. The van der Waals surface area contributed by atoms with E-state index in [-0.39, 0.29) is 30.2 Å². The number of ether oxygens (including phenoxy) is 1. The third-order valence-electron chi connectivity index (χ3n) is 5.45. The molecule has 3 aromatic rings. The fraction of sp³-hybridized carbons (Fsp3) is 0.250. The van der Waals surface area contributed by atoms with Crippen molar-refractivity contribution in [3.63, 3.8) is 0 Å². The highest BCUT2D eigenvalue weighted by Gasteiger charge is 2.31. The molecule has 32 heavy (non-hydrogen) atoms. The van der Waals surface area contributed by atoms with Gasteiger partial charge in [-0.15, -0.1) is 0 Å². The van der Waals surface area contributed by atoms with Crippen molar-refractivity contribution in [2.24, 2.45) is 0 Å². The molecule has 0 spiro atoms. The van der Waals surface area contributed by atoms with Gasteiger partial charge in [-0.05, 0) is 37.1 Å². The maximum absolute atomic E-state index is 13.7. The van der Waals surface area contributed by atoms with Crippen molar-refractivity contribution in [3.8, 4) is 16.9 Å². The molecule has 1 fully saturated rings. The molecule has 0 saturated carbocycles. The number of para-hydroxylation sites is 1. The second-order valence-electron chi connectivity index (χ2n) is 7.45. The first-order chi connectivity index (χ1) is 15.6. The van der Waals surface area contributed by atoms with Crippen molar-refractivity contribution in [1.82, 2.24) is 20.2 Å². The van der Waals surface area contributed by atoms with Crippen LogP contribution in [0.2, 0.25) is 0 Å². The summed E-state index contributed by atoms with van der Waals surface area (Å²) in [7, 11) is 1.56. The summed E-state index contributed by atoms with van der Waals surface area (Å²) in [5, 5.41) is 2.54. The molecule has 1 aliphatic heterocycles. The standard InChI is InChI=1S/C24H23FN4O3/c1-26-24(31)20-11-9-17(14-28-20)16-8-10-19(27-13-16)21-6-4-12-29(21)23(30)15-32-22-7-3-2-5-18(22)25/h2-3,5,7-11,13-14,21H,4,6,12,15H2,1H3,(H,26,31). The van der Waals surface area contributed by atoms with Crippen LogP contribution in [0.3, 0.4) is 0 Å². The van der Waals surface area contributed by atoms with E-state index in [1.807, 2.05) is 18.2 Å². The summed E-state index contributed by atoms with van der Waals surface area (Å²) in [5.74, 6) is -0.867. The van der Waals surface area contributed by atoms with Crippen LogP contribution >= 0.6 is 0 Å². The predicted octanol–water partition coefficient (Wildman–Crippen LogP) is 3.38. The first-order valence-electron chi connectivity index (χ1n) is 10.4. The Morgan fingerprint density at radius 1 is 1.09 bits per heavy atom. The highest BCUT2D eigenvalue weighted by Crippen LogP contribution is 2.32. The molecule has 4 rings (SSSR count). The van der Waals surface area contributed by atoms with Gasteiger partial charge in [-0.1, -0.05) is 24.3 Å². The summed E-state index contributed by atoms with van der Waals surface area (Å²) in [4.78, 5) is 34.9. The Labute approximate surface area is 185 Å². The summed E-state index contributed by atoms with van der Waals surface area (Å²) in [6.07, 6.45) is 5.04. The number of carbonyl (C=O) groups excluding carboxylic acids is 2. The van der Waals surface area contributed by atoms with E-state index in [4.69, 9.17) is 4.74 Å². The Balaban J connectivity index is 1.43. The number of aromatic nitrogens is 2. The average molecular weight is 434 g/mol. The molecule has 164 valence electrons. The Kier molecular flexibility index (Phi) is 6.39. The normalized spacial score (nSPS) is 15.4. The Bertz CT molecular complexity index is 1100. The maximum Gasteiger partial charge on any atom is 0.269 e. The Morgan fingerprint density at radius 3 is 2.50 bits per heavy atom. The molecule has 1 aliphatic rings. The number of halogens is 1. The average Bonchev–Trinajstić information content (AvgIpc) is 3.33. The summed E-state index contributed by atoms with van der Waals surface area (Å²) in [6, 6.07) is 13.2. The second kappa shape index (κ2) is 9.55. The third-order valence-corrected chi connectivity index (χ3v) is 5.45. The molecular formula is C24H23FN4O3. The van der Waals surface area contributed by atoms with Gasteiger partial charge in [0.15, 0.2) is 18.2 Å². The van der Waals surface area contributed by atoms with Crippen LogP contribution in [0, 0.1) is 5.82 Å². The molecule has 0 radical (unpaired) electrons. The van der Waals surface area contributed by atoms with Crippen LogP contribution in [0.1, 0.15) is 35.1 Å². The van der Waals surface area contributed by atoms with Gasteiger partial charge in [-0.3, -0.25) is 19.6 Å². The molecule has 1 aromatic carbocycles. The predicted molar refractivity (Wildman–Crippen MR) is 116 cm³/mol. The van der Waals surface area contributed by atoms with Gasteiger partial charge >= 0.3 is 0 Å². The van der Waals surface area contributed by atoms with E-state index in [1.165, 1.54) is 12.1 Å². The van der Waals surface area contributed by atoms with E-state index < -0.39 is 5.82 Å². The van der Waals surface area contributed by atoms with Gasteiger partial charge in [0.2, 0.25) is 0 Å². The molecule has 1 unspecified atom stereocenters. The summed E-state index contributed by atoms with van der Waals surface area (Å²) >= 11 is 0. The molecule has 7 nitrogen and oxygen atoms in total. The van der Waals surface area contributed by atoms with Gasteiger partial charge in [-0.2, -0.15) is 0 Å². The molecule has 1 N–H and O–H groups in total. The quantitative estimate of drug-likeness (QED) is 0.643. The van der Waals surface area contributed by atoms with Gasteiger partial charge in [0, 0.05) is 37.1 Å². The lowest BCUT2D eigenvalue weighted by atomic mass is 10.1. The van der Waals surface area contributed by atoms with E-state index in [0.717, 1.165) is 29.7 Å². The number of nitrogens with one attached hydrogen (secondary N) is 1. The minimum absolute atomic E-state index is 0.0649. The van der Waals surface area contributed by atoms with Crippen molar-refractivity contribution in [2.45, 2.75) is 18.9 Å². The van der Waals surface area contributed by atoms with Gasteiger partial charge < -0.3 is 15.0 Å². The zero-order chi connectivity index (χ0) is 22.5. The molecule has 2 amide bonds. The number of carbonyl (C=O) groups is 2. The van der Waals surface area contributed by atoms with Crippen molar-refractivity contribution in [1.29, 1.82) is 0 Å². The number of pyridine rings is 2. The maximum atomic E-state index is 13.7. The number of amides is 2. The number of likely N-dealkylation sites (tertiary alicyclic amines) is 1. The van der Waals surface area contributed by atoms with Crippen molar-refractivity contribution in [2.75, 3.05) is 20.2 Å². The van der Waals surface area contributed by atoms with Crippen LogP contribution in [0.25, 0.3) is 11.1 Å². The Hall–Kier alpha value is -3.81. The van der Waals surface area contributed by atoms with Gasteiger partial charge in [-0.25, -0.2) is 4.39 Å². The van der Waals surface area contributed by atoms with Crippen molar-refractivity contribution >= 4 is 11.8 Å². The zero-order valence-corrected chi connectivity index (χ0v) is 17.6. The lowest BCUT2D eigenvalue weighted by molar-refractivity contribution is -0.134. The summed E-state index contributed by atoms with van der Waals surface area (Å²) < 4.78 is 19.1. The van der Waals surface area contributed by atoms with Crippen molar-refractivity contribution in [3.05, 3.63) is 78.1 Å². The molecule has 2 aromatic heterocycles. The topological polar surface area (TPSA) is 84.4 Å². The van der Waals surface area contributed by atoms with Gasteiger partial charge in [0.25, 0.3) is 11.8 Å². The van der Waals surface area contributed by atoms with Crippen LogP contribution < -0.4 is 10.1 Å². The minimum atomic E-state index is -0.492. The van der Waals surface area contributed by atoms with E-state index in [9.17, 15) is 14.0 Å². The number of hydrogen-bond donors (Lipinski definition) is 1. The third kappa shape index (κ3) is 4.59. The van der Waals surface area contributed by atoms with Crippen LogP contribution in [0.15, 0.2) is 60.9 Å². The number of nitrogens with zero attached hydrogens (tertiary/aromatic N) is 3. The van der Waals surface area contributed by atoms with Gasteiger partial charge in [0.1, 0.15) is 5.69 Å². The molecule has 1 saturated heterocycles. The molecule has 1 atom stereocenters. The monoisotopic (exact) mass is 434 g/mol. The van der Waals surface area contributed by atoms with Crippen LogP contribution in [0.5, 0.6) is 5.75 Å². The lowest BCUT2D eigenvalue weighted by Gasteiger charge is -2.24. The largest absolute Gasteiger partial charge is 0.481 e. The van der Waals surface area contributed by atoms with Gasteiger partial charge in [0.05, 0.1) is 11.7 Å². The zero-order valence-electron chi connectivity index (χ0n) is 17.6. The lowest BCUT2D eigenvalue weighted by Crippen LogP contribution is -2.34. The summed E-state index contributed by atoms with van der Waals surface area (Å²) in [6.45, 7) is 0.386. The fourth-order valence-electron chi connectivity index (χ4n) is 3.76. The Morgan fingerprint density at radius 2 is 1.84 bits per heavy atom. The van der Waals surface area contributed by atoms with E-state index >= 15 is 0 Å². The van der Waals surface area contributed by atoms with Crippen LogP contribution in [-0.2, 0) is 4.79 Å². The van der Waals surface area contributed by atoms with E-state index in [1.54, 1.807) is 42.5 Å². The highest BCUT2D eigenvalue weighted by atomic mass is 19.1. The van der Waals surface area contributed by atoms with Crippen LogP contribution in [-0.4, -0.2) is 46.9 Å². The molecular weight excluding hydrogens is 411 g/mol. The highest BCUT2D eigenvalue weighted by molar-refractivity contribution is 5.92. The molecule has 8 heteroatoms. The van der Waals surface area contributed by atoms with E-state index in [2.05, 4.69) is 15.3 Å². The second-order valence-corrected chi connectivity index (χ2v) is 7.45. The molecule has 3 heterocycles. The SMILES string of the molecule is CNC(=O)c1ccc(-c2ccc(C3CCCN3C(=O)COc3ccccc3F)nc2)cn1. The number of rotatable bonds is 6. The summed E-state index contributed by atoms with van der Waals surface area (Å²) in [5.41, 5.74) is 2.84. The first-order valence-corrected chi connectivity index (χ1v) is 10.4. The number of hydrogen-bond acceptors (Lipinski definition) is 5. The fourth-order valence-corrected chi connectivity index (χ4v) is 3.76. The van der Waals surface area contributed by atoms with Crippen LogP contribution in [0.4, 0.5) is 4.39 Å². The van der Waals surface area contributed by atoms with E-state index in [0.29, 0.717) is 12.2 Å².